The summed E-state index contributed by atoms with van der Waals surface area (Å²) in [6.45, 7) is 2.23. The number of carbonyl (C=O) groups excluding carboxylic acids is 1. The van der Waals surface area contributed by atoms with Crippen molar-refractivity contribution in [2.75, 3.05) is 0 Å². The Hall–Kier alpha value is -1.36. The maximum atomic E-state index is 12.0. The summed E-state index contributed by atoms with van der Waals surface area (Å²) in [5, 5.41) is 6.37. The van der Waals surface area contributed by atoms with E-state index in [9.17, 15) is 4.79 Å². The van der Waals surface area contributed by atoms with Gasteiger partial charge in [-0.1, -0.05) is 0 Å². The molecule has 5 heteroatoms. The third kappa shape index (κ3) is 2.07. The van der Waals surface area contributed by atoms with Crippen LogP contribution in [0.25, 0.3) is 0 Å². The van der Waals surface area contributed by atoms with Crippen LogP contribution in [-0.2, 0) is 11.3 Å². The van der Waals surface area contributed by atoms with E-state index < -0.39 is 0 Å². The molecule has 2 aliphatic heterocycles. The number of nitrogens with one attached hydrogen (secondary N) is 2. The van der Waals surface area contributed by atoms with Crippen LogP contribution < -0.4 is 10.6 Å². The maximum Gasteiger partial charge on any atom is 0.225 e. The first-order valence-electron chi connectivity index (χ1n) is 6.17. The molecule has 1 amide bonds. The minimum absolute atomic E-state index is 0.126. The Morgan fingerprint density at radius 1 is 1.65 bits per heavy atom. The van der Waals surface area contributed by atoms with Gasteiger partial charge in [0, 0.05) is 12.1 Å². The topological polar surface area (TPSA) is 67.2 Å². The van der Waals surface area contributed by atoms with E-state index in [0.29, 0.717) is 24.5 Å². The lowest BCUT2D eigenvalue weighted by molar-refractivity contribution is -0.125. The Morgan fingerprint density at radius 3 is 3.12 bits per heavy atom. The van der Waals surface area contributed by atoms with Crippen molar-refractivity contribution in [3.63, 3.8) is 0 Å². The first-order valence-corrected chi connectivity index (χ1v) is 6.17. The van der Waals surface area contributed by atoms with Crippen LogP contribution in [0.1, 0.15) is 30.9 Å². The van der Waals surface area contributed by atoms with E-state index in [4.69, 9.17) is 4.42 Å². The number of nitrogens with zero attached hydrogens (tertiary/aromatic N) is 1. The van der Waals surface area contributed by atoms with E-state index in [0.717, 1.165) is 18.6 Å². The molecule has 3 atom stereocenters. The molecule has 3 heterocycles. The first kappa shape index (κ1) is 10.8. The highest BCUT2D eigenvalue weighted by Gasteiger charge is 2.42. The molecular weight excluding hydrogens is 218 g/mol. The third-order valence-electron chi connectivity index (χ3n) is 3.72. The predicted molar refractivity (Wildman–Crippen MR) is 61.1 cm³/mol. The summed E-state index contributed by atoms with van der Waals surface area (Å²) in [6, 6.07) is 0.936. The molecule has 1 aromatic heterocycles. The first-order chi connectivity index (χ1) is 8.22. The molecule has 0 saturated carbocycles. The number of carbonyl (C=O) groups is 1. The molecule has 2 bridgehead atoms. The summed E-state index contributed by atoms with van der Waals surface area (Å²) in [5.41, 5.74) is 0. The molecule has 1 aromatic rings. The smallest absolute Gasteiger partial charge is 0.225 e. The lowest BCUT2D eigenvalue weighted by Crippen LogP contribution is -2.37. The zero-order chi connectivity index (χ0) is 11.8. The minimum Gasteiger partial charge on any atom is -0.444 e. The largest absolute Gasteiger partial charge is 0.444 e. The van der Waals surface area contributed by atoms with Gasteiger partial charge in [0.25, 0.3) is 0 Å². The molecule has 0 radical (unpaired) electrons. The third-order valence-corrected chi connectivity index (χ3v) is 3.72. The van der Waals surface area contributed by atoms with Crippen molar-refractivity contribution >= 4 is 5.91 Å². The molecule has 3 rings (SSSR count). The monoisotopic (exact) mass is 235 g/mol. The van der Waals surface area contributed by atoms with Gasteiger partial charge in [0.15, 0.2) is 0 Å². The number of oxazole rings is 1. The van der Waals surface area contributed by atoms with Gasteiger partial charge in [-0.05, 0) is 26.2 Å². The minimum atomic E-state index is 0.126. The van der Waals surface area contributed by atoms with Crippen LogP contribution in [0.3, 0.4) is 0 Å². The standard InChI is InChI=1S/C12H17N3O2/c1-7-5-13-11(17-7)6-14-12(16)9-4-8-2-3-10(9)15-8/h5,8-10,15H,2-4,6H2,1H3,(H,14,16). The van der Waals surface area contributed by atoms with Crippen molar-refractivity contribution in [3.05, 3.63) is 17.8 Å². The molecule has 5 nitrogen and oxygen atoms in total. The van der Waals surface area contributed by atoms with Crippen molar-refractivity contribution in [1.29, 1.82) is 0 Å². The van der Waals surface area contributed by atoms with E-state index in [1.807, 2.05) is 6.92 Å². The number of hydrogen-bond acceptors (Lipinski definition) is 4. The molecule has 3 unspecified atom stereocenters. The zero-order valence-electron chi connectivity index (χ0n) is 9.90. The Morgan fingerprint density at radius 2 is 2.53 bits per heavy atom. The number of aryl methyl sites for hydroxylation is 1. The van der Waals surface area contributed by atoms with Crippen molar-refractivity contribution in [1.82, 2.24) is 15.6 Å². The zero-order valence-corrected chi connectivity index (χ0v) is 9.90. The van der Waals surface area contributed by atoms with E-state index in [1.54, 1.807) is 6.20 Å². The fourth-order valence-corrected chi connectivity index (χ4v) is 2.89. The second-order valence-corrected chi connectivity index (χ2v) is 4.97. The van der Waals surface area contributed by atoms with Gasteiger partial charge < -0.3 is 15.1 Å². The van der Waals surface area contributed by atoms with Crippen LogP contribution in [0, 0.1) is 12.8 Å². The van der Waals surface area contributed by atoms with Gasteiger partial charge in [0.1, 0.15) is 5.76 Å². The van der Waals surface area contributed by atoms with Crippen LogP contribution >= 0.6 is 0 Å². The lowest BCUT2D eigenvalue weighted by atomic mass is 9.88. The highest BCUT2D eigenvalue weighted by molar-refractivity contribution is 5.80. The molecule has 0 spiro atoms. The SMILES string of the molecule is Cc1cnc(CNC(=O)C2CC3CCC2N3)o1. The Kier molecular flexibility index (Phi) is 2.63. The molecule has 92 valence electrons. The lowest BCUT2D eigenvalue weighted by Gasteiger charge is -2.18. The number of aromatic nitrogens is 1. The Bertz CT molecular complexity index is 429. The van der Waals surface area contributed by atoms with Gasteiger partial charge in [0.2, 0.25) is 11.8 Å². The molecule has 2 aliphatic rings. The van der Waals surface area contributed by atoms with Crippen molar-refractivity contribution in [2.45, 2.75) is 44.8 Å². The molecule has 2 fully saturated rings. The second kappa shape index (κ2) is 4.14. The fraction of sp³-hybridized carbons (Fsp3) is 0.667. The van der Waals surface area contributed by atoms with Crippen LogP contribution in [0.15, 0.2) is 10.6 Å². The summed E-state index contributed by atoms with van der Waals surface area (Å²) < 4.78 is 5.32. The van der Waals surface area contributed by atoms with E-state index in [-0.39, 0.29) is 11.8 Å². The van der Waals surface area contributed by atoms with Crippen LogP contribution in [0.4, 0.5) is 0 Å². The summed E-state index contributed by atoms with van der Waals surface area (Å²) >= 11 is 0. The normalized spacial score (nSPS) is 30.8. The molecule has 17 heavy (non-hydrogen) atoms. The van der Waals surface area contributed by atoms with Gasteiger partial charge in [-0.15, -0.1) is 0 Å². The van der Waals surface area contributed by atoms with E-state index >= 15 is 0 Å². The Balaban J connectivity index is 1.54. The van der Waals surface area contributed by atoms with E-state index in [2.05, 4.69) is 15.6 Å². The fourth-order valence-electron chi connectivity index (χ4n) is 2.89. The molecule has 0 aromatic carbocycles. The quantitative estimate of drug-likeness (QED) is 0.811. The van der Waals surface area contributed by atoms with E-state index in [1.165, 1.54) is 6.42 Å². The summed E-state index contributed by atoms with van der Waals surface area (Å²) in [6.07, 6.45) is 4.98. The average molecular weight is 235 g/mol. The number of rotatable bonds is 3. The van der Waals surface area contributed by atoms with Crippen molar-refractivity contribution < 1.29 is 9.21 Å². The van der Waals surface area contributed by atoms with Gasteiger partial charge in [-0.3, -0.25) is 4.79 Å². The Labute approximate surface area is 100.0 Å². The molecule has 2 saturated heterocycles. The highest BCUT2D eigenvalue weighted by atomic mass is 16.4. The number of fused-ring (bicyclic) bond motifs is 2. The molecule has 0 aliphatic carbocycles. The summed E-state index contributed by atoms with van der Waals surface area (Å²) in [7, 11) is 0. The molecular formula is C12H17N3O2. The van der Waals surface area contributed by atoms with Crippen LogP contribution in [0.2, 0.25) is 0 Å². The molecule has 2 N–H and O–H groups in total. The van der Waals surface area contributed by atoms with Crippen molar-refractivity contribution in [2.24, 2.45) is 5.92 Å². The van der Waals surface area contributed by atoms with Crippen molar-refractivity contribution in [3.8, 4) is 0 Å². The van der Waals surface area contributed by atoms with Gasteiger partial charge >= 0.3 is 0 Å². The summed E-state index contributed by atoms with van der Waals surface area (Å²) in [5.74, 6) is 1.60. The average Bonchev–Trinajstić information content (AvgIpc) is 3.01. The number of amides is 1. The van der Waals surface area contributed by atoms with Gasteiger partial charge in [-0.25, -0.2) is 4.98 Å². The van der Waals surface area contributed by atoms with Crippen LogP contribution in [-0.4, -0.2) is 23.0 Å². The van der Waals surface area contributed by atoms with Gasteiger partial charge in [-0.2, -0.15) is 0 Å². The maximum absolute atomic E-state index is 12.0. The van der Waals surface area contributed by atoms with Gasteiger partial charge in [0.05, 0.1) is 18.7 Å². The van der Waals surface area contributed by atoms with Crippen LogP contribution in [0.5, 0.6) is 0 Å². The highest BCUT2D eigenvalue weighted by Crippen LogP contribution is 2.33. The second-order valence-electron chi connectivity index (χ2n) is 4.97. The summed E-state index contributed by atoms with van der Waals surface area (Å²) in [4.78, 5) is 16.1. The predicted octanol–water partition coefficient (Wildman–Crippen LogP) is 0.740. The number of hydrogen-bond donors (Lipinski definition) is 2.